The average Bonchev–Trinajstić information content (AvgIpc) is 2.16. The minimum absolute atomic E-state index is 0.518. The number of aryl methyl sites for hydroxylation is 1. The molecule has 0 amide bonds. The maximum Gasteiger partial charge on any atom is 0.0708 e. The lowest BCUT2D eigenvalue weighted by Gasteiger charge is -2.11. The zero-order chi connectivity index (χ0) is 10.8. The summed E-state index contributed by atoms with van der Waals surface area (Å²) in [5, 5.41) is 11.6. The Kier molecular flexibility index (Phi) is 2.66. The highest BCUT2D eigenvalue weighted by Gasteiger charge is 2.04. The number of hydroxylamine groups is 2. The summed E-state index contributed by atoms with van der Waals surface area (Å²) in [6.45, 7) is 2.48. The lowest BCUT2D eigenvalue weighted by molar-refractivity contribution is -0.0728. The summed E-state index contributed by atoms with van der Waals surface area (Å²) in [6.07, 6.45) is 0. The molecule has 0 bridgehead atoms. The summed E-state index contributed by atoms with van der Waals surface area (Å²) >= 11 is 0. The SMILES string of the molecule is Cc1cc(CN(C)O)c2ccccc2n1. The van der Waals surface area contributed by atoms with Gasteiger partial charge in [-0.2, -0.15) is 5.06 Å². The standard InChI is InChI=1S/C12H14N2O/c1-9-7-10(8-14(2)15)11-5-3-4-6-12(11)13-9/h3-7,15H,8H2,1-2H3. The molecule has 1 aromatic heterocycles. The maximum absolute atomic E-state index is 9.27. The fraction of sp³-hybridized carbons (Fsp3) is 0.250. The van der Waals surface area contributed by atoms with E-state index in [1.807, 2.05) is 37.3 Å². The van der Waals surface area contributed by atoms with Crippen molar-refractivity contribution in [1.82, 2.24) is 10.0 Å². The zero-order valence-corrected chi connectivity index (χ0v) is 8.94. The lowest BCUT2D eigenvalue weighted by atomic mass is 10.1. The Balaban J connectivity index is 2.60. The molecule has 1 aromatic carbocycles. The first-order valence-electron chi connectivity index (χ1n) is 4.92. The fourth-order valence-electron chi connectivity index (χ4n) is 1.77. The van der Waals surface area contributed by atoms with Crippen LogP contribution in [0.25, 0.3) is 10.9 Å². The summed E-state index contributed by atoms with van der Waals surface area (Å²) in [4.78, 5) is 4.44. The van der Waals surface area contributed by atoms with Crippen LogP contribution in [0, 0.1) is 6.92 Å². The van der Waals surface area contributed by atoms with Gasteiger partial charge in [0, 0.05) is 24.7 Å². The number of para-hydroxylation sites is 1. The molecule has 1 N–H and O–H groups in total. The smallest absolute Gasteiger partial charge is 0.0708 e. The Bertz CT molecular complexity index is 480. The van der Waals surface area contributed by atoms with Crippen molar-refractivity contribution < 1.29 is 5.21 Å². The normalized spacial score (nSPS) is 11.2. The van der Waals surface area contributed by atoms with Crippen LogP contribution in [0.15, 0.2) is 30.3 Å². The van der Waals surface area contributed by atoms with Crippen LogP contribution in [0.3, 0.4) is 0 Å². The van der Waals surface area contributed by atoms with Gasteiger partial charge in [0.1, 0.15) is 0 Å². The van der Waals surface area contributed by atoms with E-state index in [2.05, 4.69) is 4.98 Å². The summed E-state index contributed by atoms with van der Waals surface area (Å²) in [7, 11) is 1.64. The number of pyridine rings is 1. The van der Waals surface area contributed by atoms with Gasteiger partial charge in [0.15, 0.2) is 0 Å². The fourth-order valence-corrected chi connectivity index (χ4v) is 1.77. The van der Waals surface area contributed by atoms with Crippen molar-refractivity contribution in [2.75, 3.05) is 7.05 Å². The van der Waals surface area contributed by atoms with Gasteiger partial charge in [0.05, 0.1) is 5.52 Å². The summed E-state index contributed by atoms with van der Waals surface area (Å²) in [5.41, 5.74) is 3.06. The second-order valence-electron chi connectivity index (χ2n) is 3.76. The number of hydrogen-bond donors (Lipinski definition) is 1. The van der Waals surface area contributed by atoms with Crippen LogP contribution >= 0.6 is 0 Å². The molecular weight excluding hydrogens is 188 g/mol. The predicted molar refractivity (Wildman–Crippen MR) is 59.7 cm³/mol. The van der Waals surface area contributed by atoms with Gasteiger partial charge in [-0.25, -0.2) is 0 Å². The molecule has 78 valence electrons. The molecule has 0 saturated carbocycles. The predicted octanol–water partition coefficient (Wildman–Crippen LogP) is 2.36. The van der Waals surface area contributed by atoms with Gasteiger partial charge in [-0.1, -0.05) is 18.2 Å². The van der Waals surface area contributed by atoms with E-state index >= 15 is 0 Å². The molecule has 0 fully saturated rings. The van der Waals surface area contributed by atoms with Crippen LogP contribution in [0.4, 0.5) is 0 Å². The minimum Gasteiger partial charge on any atom is -0.314 e. The Hall–Kier alpha value is -1.45. The van der Waals surface area contributed by atoms with Crippen molar-refractivity contribution in [2.24, 2.45) is 0 Å². The first kappa shape index (κ1) is 10.1. The third-order valence-electron chi connectivity index (χ3n) is 2.33. The Morgan fingerprint density at radius 1 is 1.33 bits per heavy atom. The summed E-state index contributed by atoms with van der Waals surface area (Å²) in [5.74, 6) is 0. The molecule has 0 unspecified atom stereocenters. The quantitative estimate of drug-likeness (QED) is 0.759. The summed E-state index contributed by atoms with van der Waals surface area (Å²) in [6, 6.07) is 9.99. The van der Waals surface area contributed by atoms with Crippen LogP contribution in [0.5, 0.6) is 0 Å². The number of nitrogens with zero attached hydrogens (tertiary/aromatic N) is 2. The van der Waals surface area contributed by atoms with Crippen LogP contribution in [-0.2, 0) is 6.54 Å². The molecule has 15 heavy (non-hydrogen) atoms. The van der Waals surface area contributed by atoms with Crippen LogP contribution in [0.1, 0.15) is 11.3 Å². The van der Waals surface area contributed by atoms with Crippen LogP contribution in [0.2, 0.25) is 0 Å². The number of benzene rings is 1. The highest BCUT2D eigenvalue weighted by Crippen LogP contribution is 2.18. The van der Waals surface area contributed by atoms with Gasteiger partial charge >= 0.3 is 0 Å². The van der Waals surface area contributed by atoms with Crippen molar-refractivity contribution in [3.8, 4) is 0 Å². The number of aromatic nitrogens is 1. The largest absolute Gasteiger partial charge is 0.314 e. The van der Waals surface area contributed by atoms with E-state index < -0.39 is 0 Å². The molecule has 0 atom stereocenters. The molecule has 3 nitrogen and oxygen atoms in total. The first-order chi connectivity index (χ1) is 7.16. The average molecular weight is 202 g/mol. The van der Waals surface area contributed by atoms with E-state index in [9.17, 15) is 5.21 Å². The van der Waals surface area contributed by atoms with E-state index in [4.69, 9.17) is 0 Å². The molecule has 0 aliphatic carbocycles. The third kappa shape index (κ3) is 2.14. The topological polar surface area (TPSA) is 36.4 Å². The number of fused-ring (bicyclic) bond motifs is 1. The van der Waals surface area contributed by atoms with Gasteiger partial charge in [0.25, 0.3) is 0 Å². The molecule has 1 heterocycles. The van der Waals surface area contributed by atoms with E-state index in [0.29, 0.717) is 6.54 Å². The second kappa shape index (κ2) is 3.96. The van der Waals surface area contributed by atoms with E-state index in [-0.39, 0.29) is 0 Å². The van der Waals surface area contributed by atoms with Gasteiger partial charge in [-0.15, -0.1) is 0 Å². The molecule has 3 heteroatoms. The minimum atomic E-state index is 0.518. The van der Waals surface area contributed by atoms with Gasteiger partial charge in [0.2, 0.25) is 0 Å². The molecule has 0 saturated heterocycles. The second-order valence-corrected chi connectivity index (χ2v) is 3.76. The third-order valence-corrected chi connectivity index (χ3v) is 2.33. The first-order valence-corrected chi connectivity index (χ1v) is 4.92. The van der Waals surface area contributed by atoms with Gasteiger partial charge < -0.3 is 5.21 Å². The highest BCUT2D eigenvalue weighted by molar-refractivity contribution is 5.82. The molecule has 0 aliphatic heterocycles. The van der Waals surface area contributed by atoms with Crippen LogP contribution < -0.4 is 0 Å². The molecule has 2 aromatic rings. The van der Waals surface area contributed by atoms with Crippen molar-refractivity contribution in [3.63, 3.8) is 0 Å². The molecule has 0 spiro atoms. The van der Waals surface area contributed by atoms with Crippen molar-refractivity contribution in [1.29, 1.82) is 0 Å². The van der Waals surface area contributed by atoms with Crippen molar-refractivity contribution in [3.05, 3.63) is 41.6 Å². The molecule has 0 aliphatic rings. The molecule has 0 radical (unpaired) electrons. The van der Waals surface area contributed by atoms with E-state index in [0.717, 1.165) is 22.2 Å². The Morgan fingerprint density at radius 2 is 2.07 bits per heavy atom. The van der Waals surface area contributed by atoms with Crippen molar-refractivity contribution >= 4 is 10.9 Å². The lowest BCUT2D eigenvalue weighted by Crippen LogP contribution is -2.12. The summed E-state index contributed by atoms with van der Waals surface area (Å²) < 4.78 is 0. The Morgan fingerprint density at radius 3 is 2.80 bits per heavy atom. The monoisotopic (exact) mass is 202 g/mol. The van der Waals surface area contributed by atoms with E-state index in [1.165, 1.54) is 5.06 Å². The Labute approximate surface area is 88.9 Å². The van der Waals surface area contributed by atoms with Crippen LogP contribution in [-0.4, -0.2) is 22.3 Å². The number of hydrogen-bond acceptors (Lipinski definition) is 3. The van der Waals surface area contributed by atoms with Gasteiger partial charge in [-0.05, 0) is 24.6 Å². The van der Waals surface area contributed by atoms with Crippen molar-refractivity contribution in [2.45, 2.75) is 13.5 Å². The zero-order valence-electron chi connectivity index (χ0n) is 8.94. The number of rotatable bonds is 2. The molecule has 2 rings (SSSR count). The highest BCUT2D eigenvalue weighted by atomic mass is 16.5. The van der Waals surface area contributed by atoms with E-state index in [1.54, 1.807) is 7.05 Å². The van der Waals surface area contributed by atoms with Gasteiger partial charge in [-0.3, -0.25) is 4.98 Å². The maximum atomic E-state index is 9.27. The molecular formula is C12H14N2O.